The number of nitrogens with two attached hydrogens (primary N) is 1. The molecule has 0 aliphatic carbocycles. The predicted octanol–water partition coefficient (Wildman–Crippen LogP) is 2.05. The maximum atomic E-state index is 12.8. The molecule has 0 saturated carbocycles. The Morgan fingerprint density at radius 2 is 1.93 bits per heavy atom. The van der Waals surface area contributed by atoms with Crippen LogP contribution in [0, 0.1) is 11.6 Å². The summed E-state index contributed by atoms with van der Waals surface area (Å²) in [5.41, 5.74) is 2.95. The summed E-state index contributed by atoms with van der Waals surface area (Å²) in [5.74, 6) is 4.03. The summed E-state index contributed by atoms with van der Waals surface area (Å²) in [6.07, 6.45) is 2.15. The van der Waals surface area contributed by atoms with E-state index in [1.54, 1.807) is 6.08 Å². The van der Waals surface area contributed by atoms with Crippen molar-refractivity contribution in [2.24, 2.45) is 5.84 Å². The number of halogens is 2. The van der Waals surface area contributed by atoms with Gasteiger partial charge in [0.1, 0.15) is 11.6 Å². The number of hydrogen-bond acceptors (Lipinski definition) is 2. The molecule has 0 spiro atoms. The second kappa shape index (κ2) is 4.83. The number of rotatable bonds is 4. The smallest absolute Gasteiger partial charge is 0.126 e. The first-order valence-electron chi connectivity index (χ1n) is 4.20. The maximum absolute atomic E-state index is 12.8. The van der Waals surface area contributed by atoms with Crippen LogP contribution >= 0.6 is 0 Å². The first-order valence-corrected chi connectivity index (χ1v) is 4.20. The number of nitrogens with one attached hydrogen (secondary N) is 1. The Morgan fingerprint density at radius 1 is 1.36 bits per heavy atom. The molecule has 1 rings (SSSR count). The van der Waals surface area contributed by atoms with E-state index in [4.69, 9.17) is 5.84 Å². The third-order valence-corrected chi connectivity index (χ3v) is 1.89. The van der Waals surface area contributed by atoms with Crippen LogP contribution in [0.1, 0.15) is 18.0 Å². The van der Waals surface area contributed by atoms with E-state index in [0.29, 0.717) is 12.0 Å². The van der Waals surface area contributed by atoms with Gasteiger partial charge in [0.15, 0.2) is 0 Å². The molecule has 0 radical (unpaired) electrons. The van der Waals surface area contributed by atoms with Gasteiger partial charge in [0, 0.05) is 12.1 Å². The van der Waals surface area contributed by atoms with Crippen molar-refractivity contribution in [2.75, 3.05) is 0 Å². The molecular formula is C10H12F2N2. The molecule has 1 aromatic carbocycles. The van der Waals surface area contributed by atoms with Gasteiger partial charge in [-0.05, 0) is 24.1 Å². The molecule has 1 unspecified atom stereocenters. The molecule has 1 atom stereocenters. The quantitative estimate of drug-likeness (QED) is 0.441. The topological polar surface area (TPSA) is 38.0 Å². The lowest BCUT2D eigenvalue weighted by molar-refractivity contribution is 0.536. The second-order valence-corrected chi connectivity index (χ2v) is 2.95. The van der Waals surface area contributed by atoms with Crippen LogP contribution in [-0.4, -0.2) is 0 Å². The molecule has 1 aromatic rings. The SMILES string of the molecule is C=CCC(NN)c1cc(F)cc(F)c1. The minimum absolute atomic E-state index is 0.308. The van der Waals surface area contributed by atoms with Crippen molar-refractivity contribution in [1.82, 2.24) is 5.43 Å². The molecule has 0 saturated heterocycles. The summed E-state index contributed by atoms with van der Waals surface area (Å²) in [5, 5.41) is 0. The van der Waals surface area contributed by atoms with Gasteiger partial charge in [-0.2, -0.15) is 0 Å². The van der Waals surface area contributed by atoms with Crippen molar-refractivity contribution in [2.45, 2.75) is 12.5 Å². The highest BCUT2D eigenvalue weighted by Gasteiger charge is 2.10. The van der Waals surface area contributed by atoms with Crippen LogP contribution in [0.4, 0.5) is 8.78 Å². The lowest BCUT2D eigenvalue weighted by Crippen LogP contribution is -2.27. The van der Waals surface area contributed by atoms with Gasteiger partial charge in [-0.15, -0.1) is 6.58 Å². The fourth-order valence-electron chi connectivity index (χ4n) is 1.24. The molecule has 0 fully saturated rings. The van der Waals surface area contributed by atoms with Gasteiger partial charge in [-0.1, -0.05) is 6.08 Å². The number of hydrogen-bond donors (Lipinski definition) is 2. The van der Waals surface area contributed by atoms with Crippen molar-refractivity contribution in [3.63, 3.8) is 0 Å². The highest BCUT2D eigenvalue weighted by Crippen LogP contribution is 2.18. The largest absolute Gasteiger partial charge is 0.271 e. The summed E-state index contributed by atoms with van der Waals surface area (Å²) in [6.45, 7) is 3.54. The second-order valence-electron chi connectivity index (χ2n) is 2.95. The number of benzene rings is 1. The van der Waals surface area contributed by atoms with Gasteiger partial charge in [-0.25, -0.2) is 8.78 Å². The Balaban J connectivity index is 2.96. The molecule has 2 nitrogen and oxygen atoms in total. The lowest BCUT2D eigenvalue weighted by atomic mass is 10.0. The van der Waals surface area contributed by atoms with E-state index in [9.17, 15) is 8.78 Å². The van der Waals surface area contributed by atoms with Gasteiger partial charge < -0.3 is 0 Å². The van der Waals surface area contributed by atoms with E-state index in [1.165, 1.54) is 12.1 Å². The first kappa shape index (κ1) is 10.8. The van der Waals surface area contributed by atoms with E-state index in [0.717, 1.165) is 6.07 Å². The fourth-order valence-corrected chi connectivity index (χ4v) is 1.24. The Kier molecular flexibility index (Phi) is 3.73. The van der Waals surface area contributed by atoms with Crippen molar-refractivity contribution in [1.29, 1.82) is 0 Å². The third kappa shape index (κ3) is 2.61. The summed E-state index contributed by atoms with van der Waals surface area (Å²) >= 11 is 0. The van der Waals surface area contributed by atoms with Crippen molar-refractivity contribution < 1.29 is 8.78 Å². The molecule has 0 bridgehead atoms. The fraction of sp³-hybridized carbons (Fsp3) is 0.200. The van der Waals surface area contributed by atoms with Gasteiger partial charge in [0.2, 0.25) is 0 Å². The first-order chi connectivity index (χ1) is 6.67. The van der Waals surface area contributed by atoms with E-state index in [2.05, 4.69) is 12.0 Å². The molecule has 0 heterocycles. The van der Waals surface area contributed by atoms with Crippen molar-refractivity contribution >= 4 is 0 Å². The lowest BCUT2D eigenvalue weighted by Gasteiger charge is -2.14. The van der Waals surface area contributed by atoms with Crippen molar-refractivity contribution in [3.05, 3.63) is 48.1 Å². The van der Waals surface area contributed by atoms with Gasteiger partial charge in [0.25, 0.3) is 0 Å². The molecule has 0 aromatic heterocycles. The van der Waals surface area contributed by atoms with Gasteiger partial charge in [-0.3, -0.25) is 11.3 Å². The van der Waals surface area contributed by atoms with Crippen LogP contribution in [-0.2, 0) is 0 Å². The van der Waals surface area contributed by atoms with E-state index in [1.807, 2.05) is 0 Å². The standard InChI is InChI=1S/C10H12F2N2/c1-2-3-10(14-13)7-4-8(11)6-9(12)5-7/h2,4-6,10,14H,1,3,13H2. The zero-order chi connectivity index (χ0) is 10.6. The molecule has 14 heavy (non-hydrogen) atoms. The van der Waals surface area contributed by atoms with Crippen LogP contribution < -0.4 is 11.3 Å². The highest BCUT2D eigenvalue weighted by atomic mass is 19.1. The molecular weight excluding hydrogens is 186 g/mol. The zero-order valence-corrected chi connectivity index (χ0v) is 7.63. The molecule has 0 aliphatic rings. The summed E-state index contributed by atoms with van der Waals surface area (Å²) in [7, 11) is 0. The Labute approximate surface area is 81.4 Å². The van der Waals surface area contributed by atoms with E-state index in [-0.39, 0.29) is 6.04 Å². The minimum atomic E-state index is -0.607. The summed E-state index contributed by atoms with van der Waals surface area (Å²) in [6, 6.07) is 3.01. The molecule has 0 amide bonds. The van der Waals surface area contributed by atoms with Crippen molar-refractivity contribution in [3.8, 4) is 0 Å². The summed E-state index contributed by atoms with van der Waals surface area (Å²) in [4.78, 5) is 0. The summed E-state index contributed by atoms with van der Waals surface area (Å²) < 4.78 is 25.7. The highest BCUT2D eigenvalue weighted by molar-refractivity contribution is 5.21. The zero-order valence-electron chi connectivity index (χ0n) is 7.63. The Morgan fingerprint density at radius 3 is 2.36 bits per heavy atom. The molecule has 3 N–H and O–H groups in total. The van der Waals surface area contributed by atoms with Crippen LogP contribution in [0.15, 0.2) is 30.9 Å². The van der Waals surface area contributed by atoms with E-state index >= 15 is 0 Å². The van der Waals surface area contributed by atoms with Crippen LogP contribution in [0.2, 0.25) is 0 Å². The molecule has 76 valence electrons. The molecule has 4 heteroatoms. The average molecular weight is 198 g/mol. The molecule has 0 aliphatic heterocycles. The normalized spacial score (nSPS) is 12.5. The minimum Gasteiger partial charge on any atom is -0.271 e. The van der Waals surface area contributed by atoms with Gasteiger partial charge in [0.05, 0.1) is 0 Å². The monoisotopic (exact) mass is 198 g/mol. The predicted molar refractivity (Wildman–Crippen MR) is 51.2 cm³/mol. The van der Waals surface area contributed by atoms with Crippen LogP contribution in [0.5, 0.6) is 0 Å². The van der Waals surface area contributed by atoms with E-state index < -0.39 is 11.6 Å². The Hall–Kier alpha value is -1.26. The van der Waals surface area contributed by atoms with Crippen LogP contribution in [0.3, 0.4) is 0 Å². The number of hydrazine groups is 1. The van der Waals surface area contributed by atoms with Gasteiger partial charge >= 0.3 is 0 Å². The van der Waals surface area contributed by atoms with Crippen LogP contribution in [0.25, 0.3) is 0 Å². The maximum Gasteiger partial charge on any atom is 0.126 e. The third-order valence-electron chi connectivity index (χ3n) is 1.89. The average Bonchev–Trinajstić information content (AvgIpc) is 2.12. The Bertz CT molecular complexity index is 306.